The van der Waals surface area contributed by atoms with Gasteiger partial charge in [-0.05, 0) is 30.7 Å². The zero-order valence-corrected chi connectivity index (χ0v) is 22.0. The number of hydrogen-bond donors (Lipinski definition) is 1. The standard InChI is InChI=1S/C26H44N4O3S/c1-3-4-5-6-7-8-9-10-11-12-13-14-15-16-21-29(2)34(32,33)24-19-17-23(18-20-24)30-26(31)22-25(27)28-30/h17-20H,3-16,21-22H2,1-2H3,(H2,27,28). The average Bonchev–Trinajstić information content (AvgIpc) is 3.16. The predicted octanol–water partition coefficient (Wildman–Crippen LogP) is 5.80. The molecule has 0 radical (unpaired) electrons. The highest BCUT2D eigenvalue weighted by Gasteiger charge is 2.25. The van der Waals surface area contributed by atoms with E-state index in [1.54, 1.807) is 19.2 Å². The van der Waals surface area contributed by atoms with Crippen molar-refractivity contribution >= 4 is 27.5 Å². The number of hydrazone groups is 1. The molecule has 0 saturated carbocycles. The van der Waals surface area contributed by atoms with Crippen molar-refractivity contribution in [1.82, 2.24) is 4.31 Å². The van der Waals surface area contributed by atoms with E-state index in [9.17, 15) is 13.2 Å². The lowest BCUT2D eigenvalue weighted by atomic mass is 10.0. The predicted molar refractivity (Wildman–Crippen MR) is 140 cm³/mol. The van der Waals surface area contributed by atoms with Crippen LogP contribution in [-0.2, 0) is 14.8 Å². The number of rotatable bonds is 18. The molecule has 0 bridgehead atoms. The molecule has 1 aliphatic heterocycles. The molecule has 0 fully saturated rings. The lowest BCUT2D eigenvalue weighted by molar-refractivity contribution is -0.116. The van der Waals surface area contributed by atoms with E-state index in [0.717, 1.165) is 19.3 Å². The molecule has 0 unspecified atom stereocenters. The van der Waals surface area contributed by atoms with E-state index in [4.69, 9.17) is 5.73 Å². The van der Waals surface area contributed by atoms with Gasteiger partial charge in [-0.2, -0.15) is 10.1 Å². The molecule has 2 N–H and O–H groups in total. The highest BCUT2D eigenvalue weighted by atomic mass is 32.2. The Kier molecular flexibility index (Phi) is 12.6. The molecule has 2 rings (SSSR count). The highest BCUT2D eigenvalue weighted by Crippen LogP contribution is 2.23. The van der Waals surface area contributed by atoms with Gasteiger partial charge in [-0.15, -0.1) is 0 Å². The molecule has 0 saturated heterocycles. The number of benzene rings is 1. The van der Waals surface area contributed by atoms with Gasteiger partial charge >= 0.3 is 0 Å². The van der Waals surface area contributed by atoms with Gasteiger partial charge in [0.1, 0.15) is 5.84 Å². The third-order valence-electron chi connectivity index (χ3n) is 6.41. The van der Waals surface area contributed by atoms with Crippen LogP contribution in [-0.4, -0.2) is 38.1 Å². The first-order chi connectivity index (χ1) is 16.4. The zero-order chi connectivity index (χ0) is 24.8. The van der Waals surface area contributed by atoms with Crippen molar-refractivity contribution in [3.8, 4) is 0 Å². The van der Waals surface area contributed by atoms with Crippen molar-refractivity contribution < 1.29 is 13.2 Å². The summed E-state index contributed by atoms with van der Waals surface area (Å²) in [4.78, 5) is 12.1. The van der Waals surface area contributed by atoms with Gasteiger partial charge in [-0.3, -0.25) is 4.79 Å². The molecule has 1 aromatic carbocycles. The lowest BCUT2D eigenvalue weighted by Gasteiger charge is -2.18. The Hall–Kier alpha value is -1.93. The van der Waals surface area contributed by atoms with Gasteiger partial charge in [0.25, 0.3) is 5.91 Å². The molecule has 1 aromatic rings. The van der Waals surface area contributed by atoms with E-state index in [1.165, 1.54) is 92.1 Å². The number of unbranched alkanes of at least 4 members (excludes halogenated alkanes) is 13. The molecule has 0 aromatic heterocycles. The zero-order valence-electron chi connectivity index (χ0n) is 21.2. The van der Waals surface area contributed by atoms with Crippen molar-refractivity contribution in [2.24, 2.45) is 10.8 Å². The number of hydrogen-bond acceptors (Lipinski definition) is 5. The molecule has 0 atom stereocenters. The second-order valence-corrected chi connectivity index (χ2v) is 11.4. The van der Waals surface area contributed by atoms with Crippen LogP contribution >= 0.6 is 0 Å². The van der Waals surface area contributed by atoms with Gasteiger partial charge in [-0.25, -0.2) is 12.7 Å². The normalized spacial score (nSPS) is 14.3. The summed E-state index contributed by atoms with van der Waals surface area (Å²) in [6.45, 7) is 2.77. The minimum absolute atomic E-state index is 0.0853. The first kappa shape index (κ1) is 28.3. The second kappa shape index (κ2) is 15.1. The Morgan fingerprint density at radius 2 is 1.32 bits per heavy atom. The summed E-state index contributed by atoms with van der Waals surface area (Å²) >= 11 is 0. The largest absolute Gasteiger partial charge is 0.385 e. The van der Waals surface area contributed by atoms with Crippen LogP contribution in [0, 0.1) is 0 Å². The fourth-order valence-corrected chi connectivity index (χ4v) is 5.45. The van der Waals surface area contributed by atoms with Gasteiger partial charge < -0.3 is 5.73 Å². The average molecular weight is 493 g/mol. The van der Waals surface area contributed by atoms with Gasteiger partial charge in [0.15, 0.2) is 0 Å². The summed E-state index contributed by atoms with van der Waals surface area (Å²) < 4.78 is 27.1. The Morgan fingerprint density at radius 3 is 1.76 bits per heavy atom. The minimum atomic E-state index is -3.55. The molecule has 34 heavy (non-hydrogen) atoms. The molecular formula is C26H44N4O3S. The molecular weight excluding hydrogens is 448 g/mol. The molecule has 8 heteroatoms. The van der Waals surface area contributed by atoms with Gasteiger partial charge in [0.2, 0.25) is 10.0 Å². The summed E-state index contributed by atoms with van der Waals surface area (Å²) in [6.07, 6.45) is 18.0. The van der Waals surface area contributed by atoms with Crippen molar-refractivity contribution in [3.05, 3.63) is 24.3 Å². The van der Waals surface area contributed by atoms with E-state index in [1.807, 2.05) is 0 Å². The fraction of sp³-hybridized carbons (Fsp3) is 0.692. The second-order valence-electron chi connectivity index (χ2n) is 9.39. The number of carbonyl (C=O) groups is 1. The Labute approximate surface area is 206 Å². The Bertz CT molecular complexity index is 869. The third kappa shape index (κ3) is 9.37. The maximum atomic E-state index is 12.8. The SMILES string of the molecule is CCCCCCCCCCCCCCCCN(C)S(=O)(=O)c1ccc(N2N=C(N)CC2=O)cc1. The van der Waals surface area contributed by atoms with Gasteiger partial charge in [-0.1, -0.05) is 90.4 Å². The third-order valence-corrected chi connectivity index (χ3v) is 8.28. The smallest absolute Gasteiger partial charge is 0.255 e. The monoisotopic (exact) mass is 492 g/mol. The van der Waals surface area contributed by atoms with Crippen LogP contribution < -0.4 is 10.7 Å². The Morgan fingerprint density at radius 1 is 0.853 bits per heavy atom. The van der Waals surface area contributed by atoms with Crippen LogP contribution in [0.4, 0.5) is 5.69 Å². The number of carbonyl (C=O) groups excluding carboxylic acids is 1. The summed E-state index contributed by atoms with van der Waals surface area (Å²) in [6, 6.07) is 6.22. The van der Waals surface area contributed by atoms with Crippen molar-refractivity contribution in [3.63, 3.8) is 0 Å². The van der Waals surface area contributed by atoms with Crippen LogP contribution in [0.5, 0.6) is 0 Å². The number of sulfonamides is 1. The Balaban J connectivity index is 1.58. The molecule has 7 nitrogen and oxygen atoms in total. The molecule has 192 valence electrons. The highest BCUT2D eigenvalue weighted by molar-refractivity contribution is 7.89. The summed E-state index contributed by atoms with van der Waals surface area (Å²) in [5.41, 5.74) is 6.12. The molecule has 1 amide bonds. The summed E-state index contributed by atoms with van der Waals surface area (Å²) in [5, 5.41) is 5.20. The maximum absolute atomic E-state index is 12.8. The fourth-order valence-electron chi connectivity index (χ4n) is 4.24. The topological polar surface area (TPSA) is 96.1 Å². The number of nitrogens with two attached hydrogens (primary N) is 1. The van der Waals surface area contributed by atoms with E-state index >= 15 is 0 Å². The van der Waals surface area contributed by atoms with E-state index in [0.29, 0.717) is 12.2 Å². The van der Waals surface area contributed by atoms with Crippen LogP contribution in [0.3, 0.4) is 0 Å². The molecule has 0 aliphatic carbocycles. The number of amidine groups is 1. The van der Waals surface area contributed by atoms with Crippen molar-refractivity contribution in [2.75, 3.05) is 18.6 Å². The maximum Gasteiger partial charge on any atom is 0.255 e. The van der Waals surface area contributed by atoms with Crippen LogP contribution in [0.25, 0.3) is 0 Å². The van der Waals surface area contributed by atoms with Crippen molar-refractivity contribution in [2.45, 2.75) is 108 Å². The van der Waals surface area contributed by atoms with E-state index < -0.39 is 10.0 Å². The minimum Gasteiger partial charge on any atom is -0.385 e. The van der Waals surface area contributed by atoms with Crippen LogP contribution in [0.15, 0.2) is 34.3 Å². The number of anilines is 1. The number of nitrogens with zero attached hydrogens (tertiary/aromatic N) is 3. The van der Waals surface area contributed by atoms with Crippen LogP contribution in [0.1, 0.15) is 103 Å². The first-order valence-electron chi connectivity index (χ1n) is 13.1. The lowest BCUT2D eigenvalue weighted by Crippen LogP contribution is -2.28. The molecule has 1 heterocycles. The van der Waals surface area contributed by atoms with Gasteiger partial charge in [0.05, 0.1) is 17.0 Å². The van der Waals surface area contributed by atoms with Gasteiger partial charge in [0, 0.05) is 13.6 Å². The molecule has 1 aliphatic rings. The quantitative estimate of drug-likeness (QED) is 0.262. The number of amides is 1. The van der Waals surface area contributed by atoms with Crippen molar-refractivity contribution in [1.29, 1.82) is 0 Å². The van der Waals surface area contributed by atoms with E-state index in [2.05, 4.69) is 12.0 Å². The van der Waals surface area contributed by atoms with Crippen LogP contribution in [0.2, 0.25) is 0 Å². The molecule has 0 spiro atoms. The summed E-state index contributed by atoms with van der Waals surface area (Å²) in [7, 11) is -1.93. The first-order valence-corrected chi connectivity index (χ1v) is 14.5. The summed E-state index contributed by atoms with van der Waals surface area (Å²) in [5.74, 6) is 0.0395. The van der Waals surface area contributed by atoms with E-state index in [-0.39, 0.29) is 23.1 Å².